The lowest BCUT2D eigenvalue weighted by Crippen LogP contribution is -2.31. The molecule has 1 heterocycles. The first-order chi connectivity index (χ1) is 11.0. The number of rotatable bonds is 4. The molecule has 0 saturated carbocycles. The molecule has 0 aliphatic heterocycles. The number of anilines is 1. The minimum absolute atomic E-state index is 0.306. The number of pyridine rings is 1. The van der Waals surface area contributed by atoms with Crippen LogP contribution in [0.4, 0.5) is 5.69 Å². The van der Waals surface area contributed by atoms with Crippen LogP contribution in [0.2, 0.25) is 0 Å². The summed E-state index contributed by atoms with van der Waals surface area (Å²) in [7, 11) is -3.64. The van der Waals surface area contributed by atoms with Crippen molar-refractivity contribution in [1.82, 2.24) is 4.98 Å². The van der Waals surface area contributed by atoms with Gasteiger partial charge in [0.15, 0.2) is 0 Å². The van der Waals surface area contributed by atoms with E-state index < -0.39 is 10.0 Å². The summed E-state index contributed by atoms with van der Waals surface area (Å²) in [5, 5.41) is 1.50. The first-order valence-corrected chi connectivity index (χ1v) is 8.90. The molecule has 4 nitrogen and oxygen atoms in total. The topological polar surface area (TPSA) is 50.3 Å². The van der Waals surface area contributed by atoms with Gasteiger partial charge in [0, 0.05) is 29.7 Å². The SMILES string of the molecule is CCN(c1cccc(C)c1)S(=O)(=O)c1cccc2cnccc12. The van der Waals surface area contributed by atoms with Crippen molar-refractivity contribution in [1.29, 1.82) is 0 Å². The summed E-state index contributed by atoms with van der Waals surface area (Å²) < 4.78 is 27.8. The van der Waals surface area contributed by atoms with Crippen LogP contribution in [0.1, 0.15) is 12.5 Å². The highest BCUT2D eigenvalue weighted by atomic mass is 32.2. The Kier molecular flexibility index (Phi) is 4.05. The van der Waals surface area contributed by atoms with Gasteiger partial charge < -0.3 is 0 Å². The fourth-order valence-electron chi connectivity index (χ4n) is 2.71. The van der Waals surface area contributed by atoms with Gasteiger partial charge in [-0.25, -0.2) is 8.42 Å². The lowest BCUT2D eigenvalue weighted by Gasteiger charge is -2.24. The number of fused-ring (bicyclic) bond motifs is 1. The average Bonchev–Trinajstić information content (AvgIpc) is 2.55. The Bertz CT molecular complexity index is 947. The average molecular weight is 326 g/mol. The number of aromatic nitrogens is 1. The molecule has 118 valence electrons. The van der Waals surface area contributed by atoms with E-state index in [4.69, 9.17) is 0 Å². The summed E-state index contributed by atoms with van der Waals surface area (Å²) in [4.78, 5) is 4.37. The number of aryl methyl sites for hydroxylation is 1. The van der Waals surface area contributed by atoms with E-state index >= 15 is 0 Å². The Morgan fingerprint density at radius 3 is 2.61 bits per heavy atom. The van der Waals surface area contributed by atoms with Crippen molar-refractivity contribution in [3.8, 4) is 0 Å². The first kappa shape index (κ1) is 15.5. The second-order valence-corrected chi connectivity index (χ2v) is 7.19. The molecule has 2 aromatic carbocycles. The van der Waals surface area contributed by atoms with Crippen LogP contribution in [-0.2, 0) is 10.0 Å². The third-order valence-electron chi connectivity index (χ3n) is 3.79. The Hall–Kier alpha value is -2.40. The van der Waals surface area contributed by atoms with Crippen molar-refractivity contribution in [2.75, 3.05) is 10.8 Å². The fraction of sp³-hybridized carbons (Fsp3) is 0.167. The second kappa shape index (κ2) is 6.01. The predicted octanol–water partition coefficient (Wildman–Crippen LogP) is 3.76. The number of nitrogens with zero attached hydrogens (tertiary/aromatic N) is 2. The summed E-state index contributed by atoms with van der Waals surface area (Å²) in [6.45, 7) is 4.16. The maximum Gasteiger partial charge on any atom is 0.264 e. The molecule has 5 heteroatoms. The Labute approximate surface area is 136 Å². The largest absolute Gasteiger partial charge is 0.267 e. The van der Waals surface area contributed by atoms with Gasteiger partial charge in [0.2, 0.25) is 0 Å². The van der Waals surface area contributed by atoms with Gasteiger partial charge in [-0.05, 0) is 43.7 Å². The number of hydrogen-bond acceptors (Lipinski definition) is 3. The maximum absolute atomic E-state index is 13.2. The van der Waals surface area contributed by atoms with Crippen molar-refractivity contribution < 1.29 is 8.42 Å². The molecule has 0 spiro atoms. The minimum Gasteiger partial charge on any atom is -0.267 e. The second-order valence-electron chi connectivity index (χ2n) is 5.36. The Morgan fingerprint density at radius 1 is 1.09 bits per heavy atom. The molecule has 0 amide bonds. The van der Waals surface area contributed by atoms with Crippen LogP contribution in [-0.4, -0.2) is 19.9 Å². The molecule has 0 unspecified atom stereocenters. The molecule has 3 rings (SSSR count). The molecular weight excluding hydrogens is 308 g/mol. The fourth-order valence-corrected chi connectivity index (χ4v) is 4.39. The number of sulfonamides is 1. The van der Waals surface area contributed by atoms with E-state index in [0.717, 1.165) is 10.9 Å². The first-order valence-electron chi connectivity index (χ1n) is 7.46. The van der Waals surface area contributed by atoms with Gasteiger partial charge in [-0.15, -0.1) is 0 Å². The van der Waals surface area contributed by atoms with E-state index in [9.17, 15) is 8.42 Å². The highest BCUT2D eigenvalue weighted by molar-refractivity contribution is 7.93. The maximum atomic E-state index is 13.2. The molecule has 0 bridgehead atoms. The smallest absolute Gasteiger partial charge is 0.264 e. The van der Waals surface area contributed by atoms with Crippen LogP contribution in [0.25, 0.3) is 10.8 Å². The van der Waals surface area contributed by atoms with Gasteiger partial charge in [-0.2, -0.15) is 0 Å². The zero-order valence-electron chi connectivity index (χ0n) is 13.1. The van der Waals surface area contributed by atoms with E-state index in [1.54, 1.807) is 30.6 Å². The summed E-state index contributed by atoms with van der Waals surface area (Å²) in [5.74, 6) is 0. The standard InChI is InChI=1S/C18H18N2O2S/c1-3-20(16-8-4-6-14(2)12-16)23(21,22)18-9-5-7-15-13-19-11-10-17(15)18/h4-13H,3H2,1-2H3. The van der Waals surface area contributed by atoms with Gasteiger partial charge >= 0.3 is 0 Å². The van der Waals surface area contributed by atoms with Crippen molar-refractivity contribution in [3.05, 3.63) is 66.5 Å². The van der Waals surface area contributed by atoms with Crippen molar-refractivity contribution in [3.63, 3.8) is 0 Å². The van der Waals surface area contributed by atoms with E-state index in [1.165, 1.54) is 4.31 Å². The molecule has 0 fully saturated rings. The lowest BCUT2D eigenvalue weighted by atomic mass is 10.2. The van der Waals surface area contributed by atoms with Gasteiger partial charge in [-0.3, -0.25) is 9.29 Å². The highest BCUT2D eigenvalue weighted by Crippen LogP contribution is 2.28. The predicted molar refractivity (Wildman–Crippen MR) is 93.1 cm³/mol. The van der Waals surface area contributed by atoms with Crippen LogP contribution >= 0.6 is 0 Å². The van der Waals surface area contributed by atoms with E-state index in [-0.39, 0.29) is 0 Å². The summed E-state index contributed by atoms with van der Waals surface area (Å²) in [5.41, 5.74) is 1.71. The van der Waals surface area contributed by atoms with Crippen molar-refractivity contribution in [2.45, 2.75) is 18.7 Å². The molecular formula is C18H18N2O2S. The molecule has 3 aromatic rings. The lowest BCUT2D eigenvalue weighted by molar-refractivity contribution is 0.592. The van der Waals surface area contributed by atoms with Gasteiger partial charge in [0.05, 0.1) is 10.6 Å². The molecule has 23 heavy (non-hydrogen) atoms. The van der Waals surface area contributed by atoms with E-state index in [2.05, 4.69) is 4.98 Å². The summed E-state index contributed by atoms with van der Waals surface area (Å²) >= 11 is 0. The minimum atomic E-state index is -3.64. The molecule has 0 aliphatic rings. The van der Waals surface area contributed by atoms with Crippen LogP contribution < -0.4 is 4.31 Å². The van der Waals surface area contributed by atoms with Gasteiger partial charge in [0.25, 0.3) is 10.0 Å². The van der Waals surface area contributed by atoms with Crippen LogP contribution in [0.5, 0.6) is 0 Å². The molecule has 1 aromatic heterocycles. The van der Waals surface area contributed by atoms with Crippen LogP contribution in [0.15, 0.2) is 65.8 Å². The van der Waals surface area contributed by atoms with Crippen LogP contribution in [0.3, 0.4) is 0 Å². The molecule has 0 aliphatic carbocycles. The molecule has 0 saturated heterocycles. The normalized spacial score (nSPS) is 11.6. The summed E-state index contributed by atoms with van der Waals surface area (Å²) in [6.07, 6.45) is 3.29. The van der Waals surface area contributed by atoms with Crippen molar-refractivity contribution >= 4 is 26.5 Å². The molecule has 0 radical (unpaired) electrons. The zero-order chi connectivity index (χ0) is 16.4. The zero-order valence-corrected chi connectivity index (χ0v) is 13.9. The van der Waals surface area contributed by atoms with Gasteiger partial charge in [-0.1, -0.05) is 24.3 Å². The van der Waals surface area contributed by atoms with Crippen molar-refractivity contribution in [2.24, 2.45) is 0 Å². The highest BCUT2D eigenvalue weighted by Gasteiger charge is 2.25. The van der Waals surface area contributed by atoms with Crippen LogP contribution in [0, 0.1) is 6.92 Å². The quantitative estimate of drug-likeness (QED) is 0.733. The monoisotopic (exact) mass is 326 g/mol. The Morgan fingerprint density at radius 2 is 1.87 bits per heavy atom. The van der Waals surface area contributed by atoms with Gasteiger partial charge in [0.1, 0.15) is 0 Å². The third kappa shape index (κ3) is 2.80. The van der Waals surface area contributed by atoms with E-state index in [0.29, 0.717) is 22.5 Å². The molecule has 0 atom stereocenters. The number of benzene rings is 2. The Balaban J connectivity index is 2.19. The third-order valence-corrected chi connectivity index (χ3v) is 5.75. The molecule has 0 N–H and O–H groups in total. The number of hydrogen-bond donors (Lipinski definition) is 0. The van der Waals surface area contributed by atoms with E-state index in [1.807, 2.05) is 44.2 Å². The summed E-state index contributed by atoms with van der Waals surface area (Å²) in [6, 6.07) is 14.5.